The van der Waals surface area contributed by atoms with Crippen LogP contribution in [0, 0.1) is 12.7 Å². The Bertz CT molecular complexity index is 339. The summed E-state index contributed by atoms with van der Waals surface area (Å²) in [5, 5.41) is 12.1. The van der Waals surface area contributed by atoms with E-state index in [1.54, 1.807) is 6.92 Å². The molecule has 1 aromatic heterocycles. The third kappa shape index (κ3) is 2.62. The number of rotatable bonds is 4. The third-order valence-corrected chi connectivity index (χ3v) is 2.51. The zero-order valence-electron chi connectivity index (χ0n) is 9.21. The highest BCUT2D eigenvalue weighted by Gasteiger charge is 2.23. The Morgan fingerprint density at radius 2 is 2.20 bits per heavy atom. The zero-order valence-corrected chi connectivity index (χ0v) is 9.21. The first-order chi connectivity index (χ1) is 7.02. The second-order valence-electron chi connectivity index (χ2n) is 3.82. The number of anilines is 1. The molecule has 1 atom stereocenters. The molecule has 1 heterocycles. The van der Waals surface area contributed by atoms with Crippen LogP contribution >= 0.6 is 0 Å². The molecule has 15 heavy (non-hydrogen) atoms. The third-order valence-electron chi connectivity index (χ3n) is 2.51. The van der Waals surface area contributed by atoms with Gasteiger partial charge in [0.25, 0.3) is 0 Å². The van der Waals surface area contributed by atoms with Gasteiger partial charge in [-0.15, -0.1) is 0 Å². The van der Waals surface area contributed by atoms with Crippen LogP contribution in [0.25, 0.3) is 0 Å². The van der Waals surface area contributed by atoms with E-state index in [0.717, 1.165) is 0 Å². The van der Waals surface area contributed by atoms with Crippen molar-refractivity contribution in [3.05, 3.63) is 17.8 Å². The lowest BCUT2D eigenvalue weighted by atomic mass is 10.0. The fourth-order valence-electron chi connectivity index (χ4n) is 1.07. The second kappa shape index (κ2) is 4.53. The number of aliphatic hydroxyl groups is 1. The van der Waals surface area contributed by atoms with E-state index in [4.69, 9.17) is 0 Å². The molecule has 84 valence electrons. The summed E-state index contributed by atoms with van der Waals surface area (Å²) in [5.41, 5.74) is -0.259. The van der Waals surface area contributed by atoms with Crippen molar-refractivity contribution < 1.29 is 9.50 Å². The lowest BCUT2D eigenvalue weighted by molar-refractivity contribution is 0.218. The summed E-state index contributed by atoms with van der Waals surface area (Å²) < 4.78 is 13.5. The Balaban J connectivity index is 2.94. The Morgan fingerprint density at radius 1 is 1.53 bits per heavy atom. The fourth-order valence-corrected chi connectivity index (χ4v) is 1.07. The van der Waals surface area contributed by atoms with Crippen LogP contribution in [0.4, 0.5) is 10.2 Å². The average Bonchev–Trinajstić information content (AvgIpc) is 2.25. The predicted molar refractivity (Wildman–Crippen MR) is 56.1 cm³/mol. The van der Waals surface area contributed by atoms with Gasteiger partial charge in [0.1, 0.15) is 6.33 Å². The fraction of sp³-hybridized carbons (Fsp3) is 0.600. The molecule has 5 heteroatoms. The van der Waals surface area contributed by atoms with Crippen LogP contribution in [0.5, 0.6) is 0 Å². The van der Waals surface area contributed by atoms with Crippen molar-refractivity contribution in [3.63, 3.8) is 0 Å². The molecule has 1 rings (SSSR count). The van der Waals surface area contributed by atoms with E-state index in [-0.39, 0.29) is 12.4 Å². The SMILES string of the molecule is CCC(C)(CO)Nc1ncnc(C)c1F. The molecule has 0 aliphatic heterocycles. The number of aromatic nitrogens is 2. The summed E-state index contributed by atoms with van der Waals surface area (Å²) in [5.74, 6) is -0.327. The van der Waals surface area contributed by atoms with Gasteiger partial charge in [0, 0.05) is 0 Å². The van der Waals surface area contributed by atoms with Crippen LogP contribution in [0.3, 0.4) is 0 Å². The summed E-state index contributed by atoms with van der Waals surface area (Å²) in [6, 6.07) is 0. The smallest absolute Gasteiger partial charge is 0.186 e. The van der Waals surface area contributed by atoms with Crippen molar-refractivity contribution in [2.45, 2.75) is 32.7 Å². The first-order valence-electron chi connectivity index (χ1n) is 4.88. The highest BCUT2D eigenvalue weighted by atomic mass is 19.1. The van der Waals surface area contributed by atoms with Crippen LogP contribution in [-0.4, -0.2) is 27.2 Å². The van der Waals surface area contributed by atoms with Gasteiger partial charge in [0.05, 0.1) is 17.8 Å². The number of halogens is 1. The molecular formula is C10H16FN3O. The minimum absolute atomic E-state index is 0.0774. The number of aryl methyl sites for hydroxylation is 1. The largest absolute Gasteiger partial charge is 0.394 e. The first kappa shape index (κ1) is 11.8. The van der Waals surface area contributed by atoms with E-state index in [0.29, 0.717) is 12.1 Å². The molecule has 0 aliphatic rings. The van der Waals surface area contributed by atoms with E-state index < -0.39 is 11.4 Å². The molecule has 0 fully saturated rings. The van der Waals surface area contributed by atoms with Crippen molar-refractivity contribution in [2.75, 3.05) is 11.9 Å². The maximum Gasteiger partial charge on any atom is 0.186 e. The molecule has 0 aromatic carbocycles. The normalized spacial score (nSPS) is 14.7. The van der Waals surface area contributed by atoms with E-state index in [2.05, 4.69) is 15.3 Å². The molecule has 0 aliphatic carbocycles. The summed E-state index contributed by atoms with van der Waals surface area (Å²) in [6.07, 6.45) is 1.97. The van der Waals surface area contributed by atoms with E-state index in [1.165, 1.54) is 6.33 Å². The monoisotopic (exact) mass is 213 g/mol. The predicted octanol–water partition coefficient (Wildman–Crippen LogP) is 1.50. The summed E-state index contributed by atoms with van der Waals surface area (Å²) in [6.45, 7) is 5.22. The number of aliphatic hydroxyl groups excluding tert-OH is 1. The second-order valence-corrected chi connectivity index (χ2v) is 3.82. The summed E-state index contributed by atoms with van der Waals surface area (Å²) >= 11 is 0. The molecule has 2 N–H and O–H groups in total. The van der Waals surface area contributed by atoms with E-state index in [1.807, 2.05) is 13.8 Å². The van der Waals surface area contributed by atoms with Gasteiger partial charge >= 0.3 is 0 Å². The van der Waals surface area contributed by atoms with Crippen LogP contribution in [-0.2, 0) is 0 Å². The quantitative estimate of drug-likeness (QED) is 0.795. The number of hydrogen-bond donors (Lipinski definition) is 2. The minimum atomic E-state index is -0.554. The topological polar surface area (TPSA) is 58.0 Å². The maximum absolute atomic E-state index is 13.5. The number of nitrogens with zero attached hydrogens (tertiary/aromatic N) is 2. The molecule has 0 spiro atoms. The first-order valence-corrected chi connectivity index (χ1v) is 4.88. The van der Waals surface area contributed by atoms with Crippen molar-refractivity contribution in [1.82, 2.24) is 9.97 Å². The van der Waals surface area contributed by atoms with Gasteiger partial charge in [-0.1, -0.05) is 6.92 Å². The van der Waals surface area contributed by atoms with E-state index >= 15 is 0 Å². The Morgan fingerprint density at radius 3 is 2.73 bits per heavy atom. The zero-order chi connectivity index (χ0) is 11.5. The molecule has 1 unspecified atom stereocenters. The number of hydrogen-bond acceptors (Lipinski definition) is 4. The van der Waals surface area contributed by atoms with Crippen molar-refractivity contribution >= 4 is 5.82 Å². The van der Waals surface area contributed by atoms with Crippen molar-refractivity contribution in [1.29, 1.82) is 0 Å². The lowest BCUT2D eigenvalue weighted by Crippen LogP contribution is -2.38. The van der Waals surface area contributed by atoms with Crippen molar-refractivity contribution in [3.8, 4) is 0 Å². The maximum atomic E-state index is 13.5. The molecule has 0 bridgehead atoms. The van der Waals surface area contributed by atoms with Gasteiger partial charge in [0.15, 0.2) is 11.6 Å². The summed E-state index contributed by atoms with van der Waals surface area (Å²) in [4.78, 5) is 7.54. The van der Waals surface area contributed by atoms with Crippen LogP contribution < -0.4 is 5.32 Å². The van der Waals surface area contributed by atoms with Crippen LogP contribution in [0.1, 0.15) is 26.0 Å². The van der Waals surface area contributed by atoms with Gasteiger partial charge in [-0.2, -0.15) is 0 Å². The van der Waals surface area contributed by atoms with Gasteiger partial charge in [-0.05, 0) is 20.3 Å². The van der Waals surface area contributed by atoms with Gasteiger partial charge in [-0.25, -0.2) is 14.4 Å². The van der Waals surface area contributed by atoms with Crippen molar-refractivity contribution in [2.24, 2.45) is 0 Å². The highest BCUT2D eigenvalue weighted by molar-refractivity contribution is 5.39. The molecule has 1 aromatic rings. The van der Waals surface area contributed by atoms with Gasteiger partial charge in [-0.3, -0.25) is 0 Å². The standard InChI is InChI=1S/C10H16FN3O/c1-4-10(3,5-15)14-9-8(11)7(2)12-6-13-9/h6,15H,4-5H2,1-3H3,(H,12,13,14). The molecule has 0 saturated heterocycles. The highest BCUT2D eigenvalue weighted by Crippen LogP contribution is 2.19. The van der Waals surface area contributed by atoms with Gasteiger partial charge in [0.2, 0.25) is 0 Å². The molecule has 0 amide bonds. The molecular weight excluding hydrogens is 197 g/mol. The van der Waals surface area contributed by atoms with E-state index in [9.17, 15) is 9.50 Å². The number of nitrogens with one attached hydrogen (secondary N) is 1. The molecule has 0 radical (unpaired) electrons. The Labute approximate surface area is 88.6 Å². The Kier molecular flexibility index (Phi) is 3.57. The van der Waals surface area contributed by atoms with Crippen LogP contribution in [0.15, 0.2) is 6.33 Å². The molecule has 0 saturated carbocycles. The van der Waals surface area contributed by atoms with Crippen LogP contribution in [0.2, 0.25) is 0 Å². The molecule has 4 nitrogen and oxygen atoms in total. The Hall–Kier alpha value is -1.23. The minimum Gasteiger partial charge on any atom is -0.394 e. The summed E-state index contributed by atoms with van der Waals surface area (Å²) in [7, 11) is 0. The van der Waals surface area contributed by atoms with Gasteiger partial charge < -0.3 is 10.4 Å². The average molecular weight is 213 g/mol. The lowest BCUT2D eigenvalue weighted by Gasteiger charge is -2.27.